The average Bonchev–Trinajstić information content (AvgIpc) is 2.45. The van der Waals surface area contributed by atoms with E-state index in [1.54, 1.807) is 11.2 Å². The fourth-order valence-corrected chi connectivity index (χ4v) is 2.61. The van der Waals surface area contributed by atoms with Crippen molar-refractivity contribution in [1.82, 2.24) is 10.2 Å². The van der Waals surface area contributed by atoms with Crippen LogP contribution in [-0.4, -0.2) is 41.9 Å². The maximum Gasteiger partial charge on any atom is 0.226 e. The van der Waals surface area contributed by atoms with Gasteiger partial charge in [0.15, 0.2) is 0 Å². The Balaban J connectivity index is 2.80. The van der Waals surface area contributed by atoms with Gasteiger partial charge in [0.1, 0.15) is 0 Å². The van der Waals surface area contributed by atoms with Gasteiger partial charge in [0.2, 0.25) is 5.91 Å². The second-order valence-corrected chi connectivity index (χ2v) is 6.49. The van der Waals surface area contributed by atoms with E-state index in [1.165, 1.54) is 0 Å². The lowest BCUT2D eigenvalue weighted by Gasteiger charge is -2.28. The van der Waals surface area contributed by atoms with E-state index in [9.17, 15) is 9.00 Å². The van der Waals surface area contributed by atoms with Crippen molar-refractivity contribution in [1.29, 1.82) is 0 Å². The van der Waals surface area contributed by atoms with E-state index in [4.69, 9.17) is 0 Å². The normalized spacial score (nSPS) is 15.4. The maximum absolute atomic E-state index is 12.3. The summed E-state index contributed by atoms with van der Waals surface area (Å²) in [6.07, 6.45) is 1.66. The molecule has 0 saturated heterocycles. The van der Waals surface area contributed by atoms with E-state index in [0.717, 1.165) is 10.5 Å². The van der Waals surface area contributed by atoms with Crippen LogP contribution in [0.25, 0.3) is 0 Å². The molecule has 0 spiro atoms. The number of hydrogen-bond acceptors (Lipinski definition) is 3. The summed E-state index contributed by atoms with van der Waals surface area (Å²) in [6, 6.07) is 7.59. The molecule has 3 unspecified atom stereocenters. The van der Waals surface area contributed by atoms with Gasteiger partial charge in [-0.15, -0.1) is 0 Å². The Morgan fingerprint density at radius 3 is 2.30 bits per heavy atom. The van der Waals surface area contributed by atoms with Crippen LogP contribution in [0, 0.1) is 5.92 Å². The van der Waals surface area contributed by atoms with Gasteiger partial charge in [-0.3, -0.25) is 9.00 Å². The maximum atomic E-state index is 12.3. The first-order valence-electron chi connectivity index (χ1n) is 6.73. The Bertz CT molecular complexity index is 473. The highest BCUT2D eigenvalue weighted by Gasteiger charge is 2.22. The van der Waals surface area contributed by atoms with E-state index in [1.807, 2.05) is 52.2 Å². The fraction of sp³-hybridized carbons (Fsp3) is 0.533. The standard InChI is InChI=1S/C15H24N2O2S/c1-11(10-16-3)15(18)17(4)12(2)13-6-8-14(9-7-13)20(5)19/h6-9,11-12,16H,10H2,1-5H3. The van der Waals surface area contributed by atoms with Gasteiger partial charge >= 0.3 is 0 Å². The van der Waals surface area contributed by atoms with Crippen LogP contribution < -0.4 is 5.32 Å². The first-order valence-corrected chi connectivity index (χ1v) is 8.29. The Kier molecular flexibility index (Phi) is 6.36. The van der Waals surface area contributed by atoms with Crippen LogP contribution in [0.2, 0.25) is 0 Å². The van der Waals surface area contributed by atoms with Crippen molar-refractivity contribution in [2.75, 3.05) is 26.9 Å². The topological polar surface area (TPSA) is 49.4 Å². The molecule has 4 nitrogen and oxygen atoms in total. The molecule has 1 aromatic rings. The number of nitrogens with one attached hydrogen (secondary N) is 1. The summed E-state index contributed by atoms with van der Waals surface area (Å²) in [5.41, 5.74) is 1.05. The number of amides is 1. The van der Waals surface area contributed by atoms with Crippen LogP contribution in [0.4, 0.5) is 0 Å². The number of carbonyl (C=O) groups is 1. The minimum atomic E-state index is -0.969. The Labute approximate surface area is 124 Å². The Morgan fingerprint density at radius 2 is 1.85 bits per heavy atom. The minimum Gasteiger partial charge on any atom is -0.339 e. The first kappa shape index (κ1) is 16.9. The number of benzene rings is 1. The van der Waals surface area contributed by atoms with Crippen molar-refractivity contribution in [2.45, 2.75) is 24.8 Å². The largest absolute Gasteiger partial charge is 0.339 e. The van der Waals surface area contributed by atoms with Crippen molar-refractivity contribution >= 4 is 16.7 Å². The number of rotatable bonds is 6. The quantitative estimate of drug-likeness (QED) is 0.871. The zero-order valence-corrected chi connectivity index (χ0v) is 13.7. The third-order valence-corrected chi connectivity index (χ3v) is 4.49. The summed E-state index contributed by atoms with van der Waals surface area (Å²) in [5.74, 6) is 0.0739. The summed E-state index contributed by atoms with van der Waals surface area (Å²) in [7, 11) is 2.70. The second kappa shape index (κ2) is 7.55. The molecule has 0 fully saturated rings. The van der Waals surface area contributed by atoms with Crippen molar-refractivity contribution in [3.63, 3.8) is 0 Å². The van der Waals surface area contributed by atoms with E-state index in [2.05, 4.69) is 5.32 Å². The van der Waals surface area contributed by atoms with Crippen LogP contribution in [0.3, 0.4) is 0 Å². The molecule has 112 valence electrons. The van der Waals surface area contributed by atoms with E-state index in [-0.39, 0.29) is 17.9 Å². The lowest BCUT2D eigenvalue weighted by molar-refractivity contribution is -0.135. The van der Waals surface area contributed by atoms with Crippen LogP contribution in [0.15, 0.2) is 29.2 Å². The lowest BCUT2D eigenvalue weighted by Crippen LogP contribution is -2.37. The fourth-order valence-electron chi connectivity index (χ4n) is 2.09. The van der Waals surface area contributed by atoms with Gasteiger partial charge in [0, 0.05) is 41.5 Å². The molecule has 1 rings (SSSR count). The first-order chi connectivity index (χ1) is 9.38. The highest BCUT2D eigenvalue weighted by atomic mass is 32.2. The van der Waals surface area contributed by atoms with Gasteiger partial charge in [0.05, 0.1) is 6.04 Å². The van der Waals surface area contributed by atoms with E-state index in [0.29, 0.717) is 6.54 Å². The third-order valence-electron chi connectivity index (χ3n) is 3.55. The predicted molar refractivity (Wildman–Crippen MR) is 83.1 cm³/mol. The van der Waals surface area contributed by atoms with E-state index < -0.39 is 10.8 Å². The van der Waals surface area contributed by atoms with Crippen LogP contribution >= 0.6 is 0 Å². The molecule has 1 amide bonds. The molecule has 0 bridgehead atoms. The van der Waals surface area contributed by atoms with E-state index >= 15 is 0 Å². The Morgan fingerprint density at radius 1 is 1.30 bits per heavy atom. The molecule has 0 heterocycles. The smallest absolute Gasteiger partial charge is 0.226 e. The lowest BCUT2D eigenvalue weighted by atomic mass is 10.0. The molecule has 0 saturated carbocycles. The SMILES string of the molecule is CNCC(C)C(=O)N(C)C(C)c1ccc(S(C)=O)cc1. The molecule has 0 radical (unpaired) electrons. The van der Waals surface area contributed by atoms with Gasteiger partial charge in [-0.2, -0.15) is 0 Å². The van der Waals surface area contributed by atoms with Crippen molar-refractivity contribution < 1.29 is 9.00 Å². The highest BCUT2D eigenvalue weighted by Crippen LogP contribution is 2.21. The summed E-state index contributed by atoms with van der Waals surface area (Å²) >= 11 is 0. The Hall–Kier alpha value is -1.20. The molecule has 0 aliphatic rings. The van der Waals surface area contributed by atoms with Gasteiger partial charge in [-0.05, 0) is 31.7 Å². The highest BCUT2D eigenvalue weighted by molar-refractivity contribution is 7.84. The van der Waals surface area contributed by atoms with Gasteiger partial charge in [-0.25, -0.2) is 0 Å². The van der Waals surface area contributed by atoms with Crippen molar-refractivity contribution in [3.05, 3.63) is 29.8 Å². The van der Waals surface area contributed by atoms with Gasteiger partial charge in [-0.1, -0.05) is 19.1 Å². The average molecular weight is 296 g/mol. The molecular formula is C15H24N2O2S. The second-order valence-electron chi connectivity index (χ2n) is 5.11. The van der Waals surface area contributed by atoms with Crippen LogP contribution in [0.1, 0.15) is 25.5 Å². The van der Waals surface area contributed by atoms with Crippen LogP contribution in [0.5, 0.6) is 0 Å². The van der Waals surface area contributed by atoms with Crippen molar-refractivity contribution in [2.24, 2.45) is 5.92 Å². The number of nitrogens with zero attached hydrogens (tertiary/aromatic N) is 1. The summed E-state index contributed by atoms with van der Waals surface area (Å²) in [6.45, 7) is 4.59. The monoisotopic (exact) mass is 296 g/mol. The van der Waals surface area contributed by atoms with Crippen molar-refractivity contribution in [3.8, 4) is 0 Å². The molecular weight excluding hydrogens is 272 g/mol. The molecule has 1 N–H and O–H groups in total. The molecule has 0 aliphatic heterocycles. The molecule has 1 aromatic carbocycles. The van der Waals surface area contributed by atoms with Gasteiger partial charge in [0.25, 0.3) is 0 Å². The molecule has 5 heteroatoms. The molecule has 3 atom stereocenters. The van der Waals surface area contributed by atoms with Crippen LogP contribution in [-0.2, 0) is 15.6 Å². The zero-order valence-electron chi connectivity index (χ0n) is 12.8. The minimum absolute atomic E-state index is 0.00106. The molecule has 0 aromatic heterocycles. The third kappa shape index (κ3) is 4.15. The predicted octanol–water partition coefficient (Wildman–Crippen LogP) is 1.80. The summed E-state index contributed by atoms with van der Waals surface area (Å²) < 4.78 is 11.4. The summed E-state index contributed by atoms with van der Waals surface area (Å²) in [5, 5.41) is 3.02. The molecule has 20 heavy (non-hydrogen) atoms. The summed E-state index contributed by atoms with van der Waals surface area (Å²) in [4.78, 5) is 14.8. The van der Waals surface area contributed by atoms with Gasteiger partial charge < -0.3 is 10.2 Å². The number of carbonyl (C=O) groups excluding carboxylic acids is 1. The zero-order chi connectivity index (χ0) is 15.3. The number of hydrogen-bond donors (Lipinski definition) is 1. The molecule has 0 aliphatic carbocycles.